The molecule has 4 nitrogen and oxygen atoms in total. The molecule has 1 N–H and O–H groups in total. The lowest BCUT2D eigenvalue weighted by Gasteiger charge is -2.22. The van der Waals surface area contributed by atoms with Crippen molar-refractivity contribution in [3.8, 4) is 5.75 Å². The molecule has 0 aliphatic heterocycles. The molecule has 21 heavy (non-hydrogen) atoms. The lowest BCUT2D eigenvalue weighted by molar-refractivity contribution is 0.401. The van der Waals surface area contributed by atoms with Gasteiger partial charge in [-0.15, -0.1) is 0 Å². The number of ether oxygens (including phenoxy) is 1. The first kappa shape index (κ1) is 15.9. The van der Waals surface area contributed by atoms with Crippen LogP contribution in [0.15, 0.2) is 30.5 Å². The van der Waals surface area contributed by atoms with Gasteiger partial charge in [-0.25, -0.2) is 0 Å². The molecule has 0 spiro atoms. The zero-order valence-electron chi connectivity index (χ0n) is 12.8. The van der Waals surface area contributed by atoms with Crippen molar-refractivity contribution < 1.29 is 4.74 Å². The Kier molecular flexibility index (Phi) is 5.65. The van der Waals surface area contributed by atoms with Crippen molar-refractivity contribution in [1.29, 1.82) is 0 Å². The monoisotopic (exact) mass is 307 g/mol. The van der Waals surface area contributed by atoms with E-state index in [1.807, 2.05) is 35.1 Å². The van der Waals surface area contributed by atoms with Gasteiger partial charge >= 0.3 is 0 Å². The largest absolute Gasteiger partial charge is 0.496 e. The van der Waals surface area contributed by atoms with E-state index >= 15 is 0 Å². The standard InChI is InChI=1S/C16H22ClN3O/c1-4-9-18-16(14-8-10-19-20(14)5-2)13-7-6-12(17)11-15(13)21-3/h6-8,10-11,16,18H,4-5,9H2,1-3H3. The van der Waals surface area contributed by atoms with E-state index in [0.717, 1.165) is 36.5 Å². The molecule has 114 valence electrons. The number of aromatic nitrogens is 2. The minimum absolute atomic E-state index is 0.0413. The molecular formula is C16H22ClN3O. The molecule has 2 rings (SSSR count). The van der Waals surface area contributed by atoms with Crippen molar-refractivity contribution in [1.82, 2.24) is 15.1 Å². The van der Waals surface area contributed by atoms with Crippen molar-refractivity contribution in [2.45, 2.75) is 32.9 Å². The second kappa shape index (κ2) is 7.48. The van der Waals surface area contributed by atoms with Gasteiger partial charge in [-0.3, -0.25) is 4.68 Å². The minimum atomic E-state index is 0.0413. The average molecular weight is 308 g/mol. The summed E-state index contributed by atoms with van der Waals surface area (Å²) in [4.78, 5) is 0. The smallest absolute Gasteiger partial charge is 0.125 e. The van der Waals surface area contributed by atoms with Gasteiger partial charge in [0, 0.05) is 23.3 Å². The molecule has 1 heterocycles. The highest BCUT2D eigenvalue weighted by atomic mass is 35.5. The van der Waals surface area contributed by atoms with Crippen LogP contribution in [0.2, 0.25) is 5.02 Å². The quantitative estimate of drug-likeness (QED) is 0.848. The maximum atomic E-state index is 6.07. The van der Waals surface area contributed by atoms with E-state index < -0.39 is 0 Å². The molecule has 0 aliphatic carbocycles. The van der Waals surface area contributed by atoms with Crippen LogP contribution >= 0.6 is 11.6 Å². The third-order valence-electron chi connectivity index (χ3n) is 3.45. The highest BCUT2D eigenvalue weighted by Crippen LogP contribution is 2.32. The van der Waals surface area contributed by atoms with E-state index in [2.05, 4.69) is 24.3 Å². The first-order chi connectivity index (χ1) is 10.2. The topological polar surface area (TPSA) is 39.1 Å². The number of rotatable bonds is 7. The predicted octanol–water partition coefficient (Wildman–Crippen LogP) is 3.65. The number of aryl methyl sites for hydroxylation is 1. The van der Waals surface area contributed by atoms with Gasteiger partial charge in [0.1, 0.15) is 5.75 Å². The highest BCUT2D eigenvalue weighted by molar-refractivity contribution is 6.30. The van der Waals surface area contributed by atoms with Gasteiger partial charge in [0.25, 0.3) is 0 Å². The van der Waals surface area contributed by atoms with E-state index in [1.54, 1.807) is 7.11 Å². The number of hydrogen-bond donors (Lipinski definition) is 1. The maximum absolute atomic E-state index is 6.07. The van der Waals surface area contributed by atoms with Gasteiger partial charge in [-0.05, 0) is 38.1 Å². The van der Waals surface area contributed by atoms with Crippen LogP contribution in [0.1, 0.15) is 37.6 Å². The number of nitrogens with zero attached hydrogens (tertiary/aromatic N) is 2. The Morgan fingerprint density at radius 2 is 2.14 bits per heavy atom. The third-order valence-corrected chi connectivity index (χ3v) is 3.68. The SMILES string of the molecule is CCCNC(c1ccc(Cl)cc1OC)c1ccnn1CC. The summed E-state index contributed by atoms with van der Waals surface area (Å²) in [6.45, 7) is 6.00. The molecule has 1 atom stereocenters. The van der Waals surface area contributed by atoms with Crippen LogP contribution < -0.4 is 10.1 Å². The maximum Gasteiger partial charge on any atom is 0.125 e. The van der Waals surface area contributed by atoms with Crippen molar-refractivity contribution >= 4 is 11.6 Å². The van der Waals surface area contributed by atoms with Gasteiger partial charge in [0.2, 0.25) is 0 Å². The third kappa shape index (κ3) is 3.57. The Morgan fingerprint density at radius 3 is 2.81 bits per heavy atom. The molecule has 0 saturated carbocycles. The van der Waals surface area contributed by atoms with Gasteiger partial charge in [-0.1, -0.05) is 24.6 Å². The molecule has 0 bridgehead atoms. The Bertz CT molecular complexity index is 583. The van der Waals surface area contributed by atoms with Gasteiger partial charge in [0.05, 0.1) is 18.8 Å². The summed E-state index contributed by atoms with van der Waals surface area (Å²) >= 11 is 6.07. The van der Waals surface area contributed by atoms with Gasteiger partial charge in [0.15, 0.2) is 0 Å². The van der Waals surface area contributed by atoms with Crippen molar-refractivity contribution in [2.24, 2.45) is 0 Å². The average Bonchev–Trinajstić information content (AvgIpc) is 2.97. The summed E-state index contributed by atoms with van der Waals surface area (Å²) < 4.78 is 7.51. The minimum Gasteiger partial charge on any atom is -0.496 e. The molecule has 0 radical (unpaired) electrons. The lowest BCUT2D eigenvalue weighted by atomic mass is 10.0. The first-order valence-electron chi connectivity index (χ1n) is 7.29. The van der Waals surface area contributed by atoms with E-state index in [0.29, 0.717) is 5.02 Å². The van der Waals surface area contributed by atoms with Crippen LogP contribution in [0.5, 0.6) is 5.75 Å². The number of hydrogen-bond acceptors (Lipinski definition) is 3. The van der Waals surface area contributed by atoms with E-state index in [-0.39, 0.29) is 6.04 Å². The molecule has 0 saturated heterocycles. The molecule has 2 aromatic rings. The summed E-state index contributed by atoms with van der Waals surface area (Å²) in [5.74, 6) is 0.792. The molecule has 0 aliphatic rings. The van der Waals surface area contributed by atoms with Crippen LogP contribution in [0.4, 0.5) is 0 Å². The predicted molar refractivity (Wildman–Crippen MR) is 86.0 cm³/mol. The molecule has 5 heteroatoms. The van der Waals surface area contributed by atoms with Crippen molar-refractivity contribution in [3.63, 3.8) is 0 Å². The number of methoxy groups -OCH3 is 1. The molecule has 1 aromatic carbocycles. The van der Waals surface area contributed by atoms with E-state index in [4.69, 9.17) is 16.3 Å². The van der Waals surface area contributed by atoms with Crippen LogP contribution in [0.25, 0.3) is 0 Å². The van der Waals surface area contributed by atoms with E-state index in [9.17, 15) is 0 Å². The fraction of sp³-hybridized carbons (Fsp3) is 0.438. The molecule has 1 aromatic heterocycles. The summed E-state index contributed by atoms with van der Waals surface area (Å²) in [7, 11) is 1.67. The molecule has 0 amide bonds. The first-order valence-corrected chi connectivity index (χ1v) is 7.67. The summed E-state index contributed by atoms with van der Waals surface area (Å²) in [6, 6.07) is 7.85. The number of halogens is 1. The number of benzene rings is 1. The van der Waals surface area contributed by atoms with Crippen LogP contribution in [0, 0.1) is 0 Å². The second-order valence-corrected chi connectivity index (χ2v) is 5.28. The lowest BCUT2D eigenvalue weighted by Crippen LogP contribution is -2.26. The summed E-state index contributed by atoms with van der Waals surface area (Å²) in [5.41, 5.74) is 2.21. The van der Waals surface area contributed by atoms with Crippen LogP contribution in [0.3, 0.4) is 0 Å². The fourth-order valence-electron chi connectivity index (χ4n) is 2.44. The fourth-order valence-corrected chi connectivity index (χ4v) is 2.60. The van der Waals surface area contributed by atoms with Crippen LogP contribution in [-0.2, 0) is 6.54 Å². The Balaban J connectivity index is 2.45. The summed E-state index contributed by atoms with van der Waals surface area (Å²) in [5, 5.41) is 8.62. The number of nitrogens with one attached hydrogen (secondary N) is 1. The Morgan fingerprint density at radius 1 is 1.33 bits per heavy atom. The highest BCUT2D eigenvalue weighted by Gasteiger charge is 2.21. The van der Waals surface area contributed by atoms with Gasteiger partial charge in [-0.2, -0.15) is 5.10 Å². The second-order valence-electron chi connectivity index (χ2n) is 4.85. The van der Waals surface area contributed by atoms with Crippen molar-refractivity contribution in [3.05, 3.63) is 46.7 Å². The van der Waals surface area contributed by atoms with Crippen LogP contribution in [-0.4, -0.2) is 23.4 Å². The van der Waals surface area contributed by atoms with Crippen molar-refractivity contribution in [2.75, 3.05) is 13.7 Å². The van der Waals surface area contributed by atoms with Gasteiger partial charge < -0.3 is 10.1 Å². The molecular weight excluding hydrogens is 286 g/mol. The molecule has 1 unspecified atom stereocenters. The summed E-state index contributed by atoms with van der Waals surface area (Å²) in [6.07, 6.45) is 2.90. The zero-order valence-corrected chi connectivity index (χ0v) is 13.5. The zero-order chi connectivity index (χ0) is 15.2. The Hall–Kier alpha value is -1.52. The normalized spacial score (nSPS) is 12.4. The molecule has 0 fully saturated rings. The van der Waals surface area contributed by atoms with E-state index in [1.165, 1.54) is 0 Å². The Labute approximate surface area is 131 Å².